The SMILES string of the molecule is CC(C)CN(CC(=O)O)C(=O)c1ccn(-c2ccccc2F)n1. The van der Waals surface area contributed by atoms with E-state index >= 15 is 0 Å². The number of amides is 1. The van der Waals surface area contributed by atoms with E-state index in [-0.39, 0.29) is 17.3 Å². The third kappa shape index (κ3) is 4.15. The van der Waals surface area contributed by atoms with Crippen LogP contribution in [-0.4, -0.2) is 44.8 Å². The summed E-state index contributed by atoms with van der Waals surface area (Å²) in [6, 6.07) is 7.51. The van der Waals surface area contributed by atoms with Crippen LogP contribution < -0.4 is 0 Å². The first-order chi connectivity index (χ1) is 10.9. The van der Waals surface area contributed by atoms with E-state index in [1.54, 1.807) is 18.2 Å². The van der Waals surface area contributed by atoms with E-state index in [4.69, 9.17) is 5.11 Å². The Hall–Kier alpha value is -2.70. The molecule has 1 heterocycles. The number of hydrogen-bond acceptors (Lipinski definition) is 3. The second-order valence-electron chi connectivity index (χ2n) is 5.57. The molecule has 0 aliphatic heterocycles. The summed E-state index contributed by atoms with van der Waals surface area (Å²) < 4.78 is 15.0. The molecule has 0 radical (unpaired) electrons. The molecule has 1 amide bonds. The molecule has 122 valence electrons. The van der Waals surface area contributed by atoms with Gasteiger partial charge in [0.25, 0.3) is 5.91 Å². The fourth-order valence-corrected chi connectivity index (χ4v) is 2.20. The molecule has 0 aliphatic carbocycles. The molecule has 0 bridgehead atoms. The summed E-state index contributed by atoms with van der Waals surface area (Å²) in [6.07, 6.45) is 1.47. The number of rotatable bonds is 6. The van der Waals surface area contributed by atoms with Gasteiger partial charge in [0.1, 0.15) is 18.0 Å². The molecule has 0 fully saturated rings. The normalized spacial score (nSPS) is 10.8. The summed E-state index contributed by atoms with van der Waals surface area (Å²) in [6.45, 7) is 3.68. The summed E-state index contributed by atoms with van der Waals surface area (Å²) in [5.74, 6) is -1.92. The quantitative estimate of drug-likeness (QED) is 0.885. The predicted molar refractivity (Wildman–Crippen MR) is 81.9 cm³/mol. The molecule has 7 heteroatoms. The molecule has 2 aromatic rings. The number of para-hydroxylation sites is 1. The third-order valence-electron chi connectivity index (χ3n) is 3.11. The van der Waals surface area contributed by atoms with Gasteiger partial charge in [0, 0.05) is 12.7 Å². The molecule has 1 N–H and O–H groups in total. The van der Waals surface area contributed by atoms with Crippen molar-refractivity contribution >= 4 is 11.9 Å². The Morgan fingerprint density at radius 1 is 1.30 bits per heavy atom. The van der Waals surface area contributed by atoms with Crippen molar-refractivity contribution in [2.24, 2.45) is 5.92 Å². The molecule has 23 heavy (non-hydrogen) atoms. The standard InChI is InChI=1S/C16H18FN3O3/c1-11(2)9-19(10-15(21)22)16(23)13-7-8-20(18-13)14-6-4-3-5-12(14)17/h3-8,11H,9-10H2,1-2H3,(H,21,22). The summed E-state index contributed by atoms with van der Waals surface area (Å²) in [5.41, 5.74) is 0.301. The number of nitrogens with zero attached hydrogens (tertiary/aromatic N) is 3. The van der Waals surface area contributed by atoms with Gasteiger partial charge in [-0.1, -0.05) is 26.0 Å². The number of halogens is 1. The maximum atomic E-state index is 13.8. The molecule has 0 atom stereocenters. The van der Waals surface area contributed by atoms with Gasteiger partial charge in [-0.05, 0) is 24.1 Å². The Labute approximate surface area is 133 Å². The molecule has 1 aromatic carbocycles. The van der Waals surface area contributed by atoms with Crippen LogP contribution in [0.25, 0.3) is 5.69 Å². The Bertz CT molecular complexity index is 712. The molecule has 0 unspecified atom stereocenters. The lowest BCUT2D eigenvalue weighted by Crippen LogP contribution is -2.38. The van der Waals surface area contributed by atoms with Crippen LogP contribution in [0.4, 0.5) is 4.39 Å². The molecule has 0 spiro atoms. The Morgan fingerprint density at radius 3 is 2.61 bits per heavy atom. The average molecular weight is 319 g/mol. The highest BCUT2D eigenvalue weighted by Gasteiger charge is 2.22. The van der Waals surface area contributed by atoms with Gasteiger partial charge in [0.15, 0.2) is 5.69 Å². The Kier molecular flexibility index (Phi) is 5.10. The van der Waals surface area contributed by atoms with Crippen molar-refractivity contribution in [3.63, 3.8) is 0 Å². The summed E-state index contributed by atoms with van der Waals surface area (Å²) in [5, 5.41) is 13.0. The minimum atomic E-state index is -1.09. The van der Waals surface area contributed by atoms with Crippen LogP contribution in [0.1, 0.15) is 24.3 Å². The fraction of sp³-hybridized carbons (Fsp3) is 0.312. The molecule has 6 nitrogen and oxygen atoms in total. The van der Waals surface area contributed by atoms with Crippen molar-refractivity contribution in [1.29, 1.82) is 0 Å². The van der Waals surface area contributed by atoms with Gasteiger partial charge < -0.3 is 10.0 Å². The summed E-state index contributed by atoms with van der Waals surface area (Å²) >= 11 is 0. The Morgan fingerprint density at radius 2 is 2.00 bits per heavy atom. The third-order valence-corrected chi connectivity index (χ3v) is 3.11. The lowest BCUT2D eigenvalue weighted by atomic mass is 10.2. The predicted octanol–water partition coefficient (Wildman–Crippen LogP) is 2.19. The highest BCUT2D eigenvalue weighted by Crippen LogP contribution is 2.13. The van der Waals surface area contributed by atoms with E-state index < -0.39 is 24.2 Å². The number of aliphatic carboxylic acids is 1. The first kappa shape index (κ1) is 16.7. The monoisotopic (exact) mass is 319 g/mol. The fourth-order valence-electron chi connectivity index (χ4n) is 2.20. The van der Waals surface area contributed by atoms with Gasteiger partial charge >= 0.3 is 5.97 Å². The zero-order valence-electron chi connectivity index (χ0n) is 12.9. The van der Waals surface area contributed by atoms with Crippen molar-refractivity contribution in [3.05, 3.63) is 48.0 Å². The number of carboxylic acid groups (broad SMARTS) is 1. The molecule has 0 aliphatic rings. The van der Waals surface area contributed by atoms with Gasteiger partial charge in [-0.3, -0.25) is 9.59 Å². The minimum Gasteiger partial charge on any atom is -0.480 e. The maximum absolute atomic E-state index is 13.8. The van der Waals surface area contributed by atoms with Crippen LogP contribution in [0.3, 0.4) is 0 Å². The highest BCUT2D eigenvalue weighted by molar-refractivity contribution is 5.94. The van der Waals surface area contributed by atoms with E-state index in [0.717, 1.165) is 0 Å². The molecule has 2 rings (SSSR count). The van der Waals surface area contributed by atoms with Crippen molar-refractivity contribution < 1.29 is 19.1 Å². The number of benzene rings is 1. The highest BCUT2D eigenvalue weighted by atomic mass is 19.1. The van der Waals surface area contributed by atoms with Crippen LogP contribution in [-0.2, 0) is 4.79 Å². The second-order valence-corrected chi connectivity index (χ2v) is 5.57. The number of carboxylic acids is 1. The van der Waals surface area contributed by atoms with E-state index in [1.165, 1.54) is 27.9 Å². The van der Waals surface area contributed by atoms with E-state index in [0.29, 0.717) is 6.54 Å². The van der Waals surface area contributed by atoms with Crippen molar-refractivity contribution in [1.82, 2.24) is 14.7 Å². The Balaban J connectivity index is 2.25. The van der Waals surface area contributed by atoms with Crippen LogP contribution in [0.5, 0.6) is 0 Å². The average Bonchev–Trinajstić information content (AvgIpc) is 2.95. The minimum absolute atomic E-state index is 0.0788. The van der Waals surface area contributed by atoms with E-state index in [9.17, 15) is 14.0 Å². The van der Waals surface area contributed by atoms with Crippen LogP contribution in [0.2, 0.25) is 0 Å². The largest absolute Gasteiger partial charge is 0.480 e. The number of hydrogen-bond donors (Lipinski definition) is 1. The smallest absolute Gasteiger partial charge is 0.323 e. The first-order valence-electron chi connectivity index (χ1n) is 7.20. The van der Waals surface area contributed by atoms with Gasteiger partial charge in [-0.25, -0.2) is 9.07 Å². The van der Waals surface area contributed by atoms with Crippen molar-refractivity contribution in [2.75, 3.05) is 13.1 Å². The molecular formula is C16H18FN3O3. The number of carbonyl (C=O) groups is 2. The van der Waals surface area contributed by atoms with Crippen LogP contribution in [0.15, 0.2) is 36.5 Å². The summed E-state index contributed by atoms with van der Waals surface area (Å²) in [7, 11) is 0. The van der Waals surface area contributed by atoms with Crippen LogP contribution in [0, 0.1) is 11.7 Å². The summed E-state index contributed by atoms with van der Waals surface area (Å²) in [4.78, 5) is 24.6. The zero-order chi connectivity index (χ0) is 17.0. The van der Waals surface area contributed by atoms with Crippen molar-refractivity contribution in [3.8, 4) is 5.69 Å². The lowest BCUT2D eigenvalue weighted by Gasteiger charge is -2.21. The first-order valence-corrected chi connectivity index (χ1v) is 7.20. The van der Waals surface area contributed by atoms with Gasteiger partial charge in [-0.2, -0.15) is 5.10 Å². The molecule has 1 aromatic heterocycles. The number of carbonyl (C=O) groups excluding carboxylic acids is 1. The van der Waals surface area contributed by atoms with Gasteiger partial charge in [0.05, 0.1) is 0 Å². The maximum Gasteiger partial charge on any atom is 0.323 e. The molecule has 0 saturated heterocycles. The molecular weight excluding hydrogens is 301 g/mol. The topological polar surface area (TPSA) is 75.4 Å². The number of aromatic nitrogens is 2. The van der Waals surface area contributed by atoms with E-state index in [1.807, 2.05) is 13.8 Å². The lowest BCUT2D eigenvalue weighted by molar-refractivity contribution is -0.137. The van der Waals surface area contributed by atoms with Gasteiger partial charge in [0.2, 0.25) is 0 Å². The van der Waals surface area contributed by atoms with Crippen molar-refractivity contribution in [2.45, 2.75) is 13.8 Å². The molecule has 0 saturated carbocycles. The van der Waals surface area contributed by atoms with Gasteiger partial charge in [-0.15, -0.1) is 0 Å². The van der Waals surface area contributed by atoms with Crippen LogP contribution >= 0.6 is 0 Å². The van der Waals surface area contributed by atoms with E-state index in [2.05, 4.69) is 5.10 Å². The second kappa shape index (κ2) is 7.04. The zero-order valence-corrected chi connectivity index (χ0v) is 12.9.